The van der Waals surface area contributed by atoms with Gasteiger partial charge in [-0.1, -0.05) is 30.3 Å². The number of benzene rings is 1. The number of primary amides is 1. The summed E-state index contributed by atoms with van der Waals surface area (Å²) >= 11 is 1.24. The first-order valence-corrected chi connectivity index (χ1v) is 7.09. The van der Waals surface area contributed by atoms with E-state index in [0.717, 1.165) is 0 Å². The van der Waals surface area contributed by atoms with E-state index < -0.39 is 17.9 Å². The van der Waals surface area contributed by atoms with E-state index in [-0.39, 0.29) is 18.1 Å². The molecule has 0 aliphatic carbocycles. The van der Waals surface area contributed by atoms with E-state index >= 15 is 0 Å². The van der Waals surface area contributed by atoms with Crippen molar-refractivity contribution in [2.75, 3.05) is 11.5 Å². The summed E-state index contributed by atoms with van der Waals surface area (Å²) in [6.07, 6.45) is 0.133. The summed E-state index contributed by atoms with van der Waals surface area (Å²) in [4.78, 5) is 33.4. The number of carboxylic acid groups (broad SMARTS) is 1. The van der Waals surface area contributed by atoms with Crippen molar-refractivity contribution in [2.24, 2.45) is 5.73 Å². The molecule has 0 bridgehead atoms. The molecule has 1 rings (SSSR count). The average molecular weight is 296 g/mol. The summed E-state index contributed by atoms with van der Waals surface area (Å²) in [7, 11) is 0. The Kier molecular flexibility index (Phi) is 6.58. The molecule has 0 aromatic heterocycles. The van der Waals surface area contributed by atoms with E-state index in [2.05, 4.69) is 5.32 Å². The second-order valence-corrected chi connectivity index (χ2v) is 5.12. The largest absolute Gasteiger partial charge is 0.479 e. The number of nitrogens with two attached hydrogens (primary N) is 1. The number of nitrogens with one attached hydrogen (secondary N) is 1. The number of amides is 2. The number of hydrogen-bond donors (Lipinski definition) is 3. The van der Waals surface area contributed by atoms with Crippen molar-refractivity contribution < 1.29 is 19.5 Å². The van der Waals surface area contributed by atoms with Crippen molar-refractivity contribution >= 4 is 29.5 Å². The highest BCUT2D eigenvalue weighted by atomic mass is 32.2. The predicted molar refractivity (Wildman–Crippen MR) is 76.1 cm³/mol. The molecular weight excluding hydrogens is 280 g/mol. The Morgan fingerprint density at radius 2 is 1.90 bits per heavy atom. The van der Waals surface area contributed by atoms with Gasteiger partial charge in [-0.2, -0.15) is 11.8 Å². The van der Waals surface area contributed by atoms with E-state index in [1.165, 1.54) is 11.8 Å². The maximum Gasteiger partial charge on any atom is 0.330 e. The van der Waals surface area contributed by atoms with Gasteiger partial charge in [-0.15, -0.1) is 0 Å². The zero-order valence-electron chi connectivity index (χ0n) is 10.7. The summed E-state index contributed by atoms with van der Waals surface area (Å²) in [6, 6.07) is 7.40. The lowest BCUT2D eigenvalue weighted by molar-refractivity contribution is -0.142. The molecule has 20 heavy (non-hydrogen) atoms. The molecule has 0 aliphatic heterocycles. The third-order valence-electron chi connectivity index (χ3n) is 2.40. The zero-order valence-corrected chi connectivity index (χ0v) is 11.6. The van der Waals surface area contributed by atoms with Gasteiger partial charge in [-0.25, -0.2) is 4.79 Å². The molecule has 0 aliphatic rings. The highest BCUT2D eigenvalue weighted by Crippen LogP contribution is 2.13. The van der Waals surface area contributed by atoms with Crippen LogP contribution in [0.15, 0.2) is 30.3 Å². The number of thioether (sulfide) groups is 1. The van der Waals surface area contributed by atoms with E-state index in [1.54, 1.807) is 30.3 Å². The van der Waals surface area contributed by atoms with Crippen molar-refractivity contribution in [3.8, 4) is 0 Å². The summed E-state index contributed by atoms with van der Waals surface area (Å²) in [5, 5.41) is 11.6. The van der Waals surface area contributed by atoms with Gasteiger partial charge >= 0.3 is 5.97 Å². The third-order valence-corrected chi connectivity index (χ3v) is 3.38. The van der Waals surface area contributed by atoms with Crippen LogP contribution < -0.4 is 11.1 Å². The van der Waals surface area contributed by atoms with E-state index in [0.29, 0.717) is 11.3 Å². The molecule has 0 spiro atoms. The second kappa shape index (κ2) is 8.21. The molecule has 1 aromatic carbocycles. The van der Waals surface area contributed by atoms with Gasteiger partial charge < -0.3 is 16.2 Å². The summed E-state index contributed by atoms with van der Waals surface area (Å²) in [5.41, 5.74) is 5.48. The van der Waals surface area contributed by atoms with Crippen LogP contribution in [0.25, 0.3) is 0 Å². The number of carbonyl (C=O) groups excluding carboxylic acids is 2. The smallest absolute Gasteiger partial charge is 0.330 e. The molecule has 0 radical (unpaired) electrons. The predicted octanol–water partition coefficient (Wildman–Crippen LogP) is 0.537. The minimum atomic E-state index is -1.12. The Labute approximate surface area is 120 Å². The second-order valence-electron chi connectivity index (χ2n) is 4.02. The molecule has 7 heteroatoms. The number of aliphatic carboxylic acids is 1. The molecule has 2 amide bonds. The van der Waals surface area contributed by atoms with Gasteiger partial charge in [0.2, 0.25) is 11.8 Å². The number of hydrogen-bond acceptors (Lipinski definition) is 4. The van der Waals surface area contributed by atoms with Crippen LogP contribution in [0, 0.1) is 0 Å². The highest BCUT2D eigenvalue weighted by molar-refractivity contribution is 7.99. The topological polar surface area (TPSA) is 109 Å². The molecule has 0 heterocycles. The molecule has 0 unspecified atom stereocenters. The first-order valence-electron chi connectivity index (χ1n) is 5.94. The molecular formula is C13H16N2O4S. The number of rotatable bonds is 8. The molecule has 0 saturated heterocycles. The normalized spacial score (nSPS) is 11.6. The monoisotopic (exact) mass is 296 g/mol. The molecule has 0 saturated carbocycles. The van der Waals surface area contributed by atoms with E-state index in [1.807, 2.05) is 0 Å². The molecule has 4 N–H and O–H groups in total. The van der Waals surface area contributed by atoms with Gasteiger partial charge in [-0.3, -0.25) is 9.59 Å². The lowest BCUT2D eigenvalue weighted by Gasteiger charge is -2.14. The van der Waals surface area contributed by atoms with Crippen LogP contribution in [-0.2, 0) is 14.4 Å². The Morgan fingerprint density at radius 1 is 1.25 bits per heavy atom. The van der Waals surface area contributed by atoms with Crippen molar-refractivity contribution in [2.45, 2.75) is 12.5 Å². The van der Waals surface area contributed by atoms with E-state index in [9.17, 15) is 14.4 Å². The van der Waals surface area contributed by atoms with Crippen LogP contribution in [0.1, 0.15) is 18.0 Å². The van der Waals surface area contributed by atoms with Crippen LogP contribution in [0.5, 0.6) is 0 Å². The molecule has 0 fully saturated rings. The maximum absolute atomic E-state index is 11.7. The average Bonchev–Trinajstić information content (AvgIpc) is 2.41. The van der Waals surface area contributed by atoms with Crippen LogP contribution in [0.4, 0.5) is 0 Å². The summed E-state index contributed by atoms with van der Waals surface area (Å²) < 4.78 is 0. The van der Waals surface area contributed by atoms with Gasteiger partial charge in [-0.05, 0) is 5.56 Å². The zero-order chi connectivity index (χ0) is 15.0. The fourth-order valence-electron chi connectivity index (χ4n) is 1.50. The van der Waals surface area contributed by atoms with E-state index in [4.69, 9.17) is 10.8 Å². The molecule has 1 atom stereocenters. The van der Waals surface area contributed by atoms with Crippen LogP contribution in [0.2, 0.25) is 0 Å². The van der Waals surface area contributed by atoms with Crippen molar-refractivity contribution in [3.63, 3.8) is 0 Å². The molecule has 108 valence electrons. The fraction of sp³-hybridized carbons (Fsp3) is 0.308. The lowest BCUT2D eigenvalue weighted by atomic mass is 10.1. The highest BCUT2D eigenvalue weighted by Gasteiger charge is 2.21. The summed E-state index contributed by atoms with van der Waals surface area (Å²) in [5.74, 6) is -1.37. The maximum atomic E-state index is 11.7. The van der Waals surface area contributed by atoms with Gasteiger partial charge in [0.05, 0.1) is 5.75 Å². The van der Waals surface area contributed by atoms with Gasteiger partial charge in [0.15, 0.2) is 6.04 Å². The van der Waals surface area contributed by atoms with Gasteiger partial charge in [0, 0.05) is 12.2 Å². The molecule has 6 nitrogen and oxygen atoms in total. The first kappa shape index (κ1) is 16.0. The van der Waals surface area contributed by atoms with Crippen molar-refractivity contribution in [3.05, 3.63) is 35.9 Å². The van der Waals surface area contributed by atoms with Crippen LogP contribution in [-0.4, -0.2) is 34.4 Å². The number of carbonyl (C=O) groups is 3. The van der Waals surface area contributed by atoms with Crippen LogP contribution >= 0.6 is 11.8 Å². The summed E-state index contributed by atoms with van der Waals surface area (Å²) in [6.45, 7) is 0. The Hall–Kier alpha value is -2.02. The van der Waals surface area contributed by atoms with Crippen molar-refractivity contribution in [1.29, 1.82) is 0 Å². The Bertz CT molecular complexity index is 479. The first-order chi connectivity index (χ1) is 9.50. The Balaban J connectivity index is 2.48. The minimum Gasteiger partial charge on any atom is -0.479 e. The third kappa shape index (κ3) is 5.75. The lowest BCUT2D eigenvalue weighted by Crippen LogP contribution is -2.33. The van der Waals surface area contributed by atoms with Crippen molar-refractivity contribution in [1.82, 2.24) is 5.32 Å². The van der Waals surface area contributed by atoms with Gasteiger partial charge in [0.1, 0.15) is 0 Å². The number of carboxylic acids is 1. The SMILES string of the molecule is NC(=O)CSCCC(=O)N[C@H](C(=O)O)c1ccccc1. The quantitative estimate of drug-likeness (QED) is 0.606. The fourth-order valence-corrected chi connectivity index (χ4v) is 2.18. The Morgan fingerprint density at radius 3 is 2.45 bits per heavy atom. The minimum absolute atomic E-state index is 0.133. The van der Waals surface area contributed by atoms with Crippen LogP contribution in [0.3, 0.4) is 0 Å². The van der Waals surface area contributed by atoms with Gasteiger partial charge in [0.25, 0.3) is 0 Å². The standard InChI is InChI=1S/C13H16N2O4S/c14-10(16)8-20-7-6-11(17)15-12(13(18)19)9-4-2-1-3-5-9/h1-5,12H,6-8H2,(H2,14,16)(H,15,17)(H,18,19)/t12-/m0/s1. The molecule has 1 aromatic rings.